The second-order valence-electron chi connectivity index (χ2n) is 6.26. The van der Waals surface area contributed by atoms with E-state index in [0.29, 0.717) is 6.04 Å². The van der Waals surface area contributed by atoms with E-state index in [1.807, 2.05) is 18.2 Å². The zero-order valence-electron chi connectivity index (χ0n) is 11.7. The van der Waals surface area contributed by atoms with Gasteiger partial charge < -0.3 is 5.32 Å². The Labute approximate surface area is 129 Å². The third-order valence-electron chi connectivity index (χ3n) is 5.00. The summed E-state index contributed by atoms with van der Waals surface area (Å²) < 4.78 is 0.968. The molecule has 0 amide bonds. The van der Waals surface area contributed by atoms with Gasteiger partial charge in [0.2, 0.25) is 0 Å². The third-order valence-corrected chi connectivity index (χ3v) is 5.49. The van der Waals surface area contributed by atoms with Crippen LogP contribution >= 0.6 is 15.9 Å². The van der Waals surface area contributed by atoms with Gasteiger partial charge in [0, 0.05) is 10.5 Å². The van der Waals surface area contributed by atoms with Crippen molar-refractivity contribution in [2.75, 3.05) is 5.32 Å². The smallest absolute Gasteiger partial charge is 0.101 e. The first kappa shape index (κ1) is 13.9. The third kappa shape index (κ3) is 3.01. The fourth-order valence-electron chi connectivity index (χ4n) is 3.96. The van der Waals surface area contributed by atoms with Crippen LogP contribution in [0.15, 0.2) is 22.7 Å². The Kier molecular flexibility index (Phi) is 4.31. The molecule has 2 nitrogen and oxygen atoms in total. The normalized spacial score (nSPS) is 29.3. The maximum atomic E-state index is 9.25. The van der Waals surface area contributed by atoms with Crippen LogP contribution in [0.25, 0.3) is 0 Å². The number of hydrogen-bond donors (Lipinski definition) is 1. The largest absolute Gasteiger partial charge is 0.381 e. The molecule has 3 heteroatoms. The quantitative estimate of drug-likeness (QED) is 0.818. The molecule has 3 atom stereocenters. The SMILES string of the molecule is N#Cc1cc(Br)ccc1NC1CCC2CCCCC2C1. The van der Waals surface area contributed by atoms with Crippen LogP contribution in [-0.2, 0) is 0 Å². The maximum absolute atomic E-state index is 9.25. The minimum atomic E-state index is 0.544. The van der Waals surface area contributed by atoms with Gasteiger partial charge in [0.25, 0.3) is 0 Å². The predicted octanol–water partition coefficient (Wildman–Crippen LogP) is 5.09. The summed E-state index contributed by atoms with van der Waals surface area (Å²) in [6.45, 7) is 0. The minimum absolute atomic E-state index is 0.544. The molecule has 106 valence electrons. The summed E-state index contributed by atoms with van der Waals surface area (Å²) >= 11 is 3.43. The molecule has 0 radical (unpaired) electrons. The van der Waals surface area contributed by atoms with E-state index in [2.05, 4.69) is 27.3 Å². The molecule has 0 aromatic heterocycles. The first-order valence-corrected chi connectivity index (χ1v) is 8.52. The van der Waals surface area contributed by atoms with E-state index in [4.69, 9.17) is 0 Å². The highest BCUT2D eigenvalue weighted by Gasteiger charge is 2.32. The van der Waals surface area contributed by atoms with Crippen molar-refractivity contribution >= 4 is 21.6 Å². The van der Waals surface area contributed by atoms with E-state index in [1.165, 1.54) is 44.9 Å². The van der Waals surface area contributed by atoms with Gasteiger partial charge in [-0.2, -0.15) is 5.26 Å². The number of anilines is 1. The lowest BCUT2D eigenvalue weighted by molar-refractivity contribution is 0.162. The van der Waals surface area contributed by atoms with Crippen LogP contribution < -0.4 is 5.32 Å². The fourth-order valence-corrected chi connectivity index (χ4v) is 4.32. The van der Waals surface area contributed by atoms with E-state index in [0.717, 1.165) is 27.6 Å². The summed E-state index contributed by atoms with van der Waals surface area (Å²) in [5.41, 5.74) is 1.74. The summed E-state index contributed by atoms with van der Waals surface area (Å²) in [6, 6.07) is 8.76. The predicted molar refractivity (Wildman–Crippen MR) is 85.6 cm³/mol. The zero-order chi connectivity index (χ0) is 13.9. The topological polar surface area (TPSA) is 35.8 Å². The Morgan fingerprint density at radius 3 is 2.70 bits per heavy atom. The number of fused-ring (bicyclic) bond motifs is 1. The molecule has 0 heterocycles. The van der Waals surface area contributed by atoms with Crippen molar-refractivity contribution < 1.29 is 0 Å². The van der Waals surface area contributed by atoms with E-state index < -0.39 is 0 Å². The number of nitrogens with one attached hydrogen (secondary N) is 1. The van der Waals surface area contributed by atoms with E-state index >= 15 is 0 Å². The lowest BCUT2D eigenvalue weighted by atomic mass is 9.69. The van der Waals surface area contributed by atoms with Gasteiger partial charge in [0.15, 0.2) is 0 Å². The van der Waals surface area contributed by atoms with Gasteiger partial charge in [-0.25, -0.2) is 0 Å². The standard InChI is InChI=1S/C17H21BrN2/c18-15-6-8-17(14(9-15)11-19)20-16-7-5-12-3-1-2-4-13(12)10-16/h6,8-9,12-13,16,20H,1-5,7,10H2. The monoisotopic (exact) mass is 332 g/mol. The number of nitriles is 1. The molecule has 2 aliphatic carbocycles. The second-order valence-corrected chi connectivity index (χ2v) is 7.18. The second kappa shape index (κ2) is 6.18. The average Bonchev–Trinajstić information content (AvgIpc) is 2.49. The van der Waals surface area contributed by atoms with Crippen LogP contribution in [0.4, 0.5) is 5.69 Å². The molecule has 2 aliphatic rings. The van der Waals surface area contributed by atoms with Crippen LogP contribution in [0.5, 0.6) is 0 Å². The lowest BCUT2D eigenvalue weighted by Crippen LogP contribution is -2.34. The number of benzene rings is 1. The van der Waals surface area contributed by atoms with Gasteiger partial charge in [0.1, 0.15) is 6.07 Å². The highest BCUT2D eigenvalue weighted by Crippen LogP contribution is 2.41. The molecule has 20 heavy (non-hydrogen) atoms. The molecule has 0 aliphatic heterocycles. The van der Waals surface area contributed by atoms with Crippen molar-refractivity contribution in [1.29, 1.82) is 5.26 Å². The molecule has 0 saturated heterocycles. The molecule has 1 N–H and O–H groups in total. The Hall–Kier alpha value is -1.01. The Bertz CT molecular complexity index is 520. The first-order chi connectivity index (χ1) is 9.76. The zero-order valence-corrected chi connectivity index (χ0v) is 13.3. The summed E-state index contributed by atoms with van der Waals surface area (Å²) in [5.74, 6) is 1.89. The van der Waals surface area contributed by atoms with Gasteiger partial charge in [-0.1, -0.05) is 41.6 Å². The minimum Gasteiger partial charge on any atom is -0.381 e. The van der Waals surface area contributed by atoms with E-state index in [1.54, 1.807) is 0 Å². The number of halogens is 1. The summed E-state index contributed by atoms with van der Waals surface area (Å²) in [5, 5.41) is 12.9. The van der Waals surface area contributed by atoms with Crippen molar-refractivity contribution in [3.8, 4) is 6.07 Å². The van der Waals surface area contributed by atoms with Crippen LogP contribution in [0, 0.1) is 23.2 Å². The van der Waals surface area contributed by atoms with Crippen molar-refractivity contribution in [1.82, 2.24) is 0 Å². The van der Waals surface area contributed by atoms with Crippen molar-refractivity contribution in [3.63, 3.8) is 0 Å². The molecule has 1 aromatic carbocycles. The highest BCUT2D eigenvalue weighted by atomic mass is 79.9. The lowest BCUT2D eigenvalue weighted by Gasteiger charge is -2.39. The Balaban J connectivity index is 1.68. The molecule has 1 aromatic rings. The molecular weight excluding hydrogens is 312 g/mol. The molecule has 0 spiro atoms. The number of nitrogens with zero attached hydrogens (tertiary/aromatic N) is 1. The van der Waals surface area contributed by atoms with Gasteiger partial charge in [-0.3, -0.25) is 0 Å². The molecule has 0 bridgehead atoms. The van der Waals surface area contributed by atoms with Crippen LogP contribution in [-0.4, -0.2) is 6.04 Å². The Morgan fingerprint density at radius 1 is 1.10 bits per heavy atom. The first-order valence-electron chi connectivity index (χ1n) is 7.72. The molecule has 3 unspecified atom stereocenters. The Morgan fingerprint density at radius 2 is 1.90 bits per heavy atom. The summed E-state index contributed by atoms with van der Waals surface area (Å²) in [4.78, 5) is 0. The van der Waals surface area contributed by atoms with E-state index in [9.17, 15) is 5.26 Å². The van der Waals surface area contributed by atoms with Crippen molar-refractivity contribution in [3.05, 3.63) is 28.2 Å². The molecule has 3 rings (SSSR count). The average molecular weight is 333 g/mol. The van der Waals surface area contributed by atoms with E-state index in [-0.39, 0.29) is 0 Å². The molecule has 2 fully saturated rings. The number of hydrogen-bond acceptors (Lipinski definition) is 2. The van der Waals surface area contributed by atoms with Gasteiger partial charge in [0.05, 0.1) is 11.3 Å². The van der Waals surface area contributed by atoms with Gasteiger partial charge >= 0.3 is 0 Å². The van der Waals surface area contributed by atoms with Crippen molar-refractivity contribution in [2.24, 2.45) is 11.8 Å². The number of rotatable bonds is 2. The maximum Gasteiger partial charge on any atom is 0.101 e. The van der Waals surface area contributed by atoms with Crippen LogP contribution in [0.3, 0.4) is 0 Å². The fraction of sp³-hybridized carbons (Fsp3) is 0.588. The van der Waals surface area contributed by atoms with Crippen LogP contribution in [0.2, 0.25) is 0 Å². The van der Waals surface area contributed by atoms with Crippen molar-refractivity contribution in [2.45, 2.75) is 51.0 Å². The summed E-state index contributed by atoms with van der Waals surface area (Å²) in [7, 11) is 0. The van der Waals surface area contributed by atoms with Gasteiger partial charge in [-0.15, -0.1) is 0 Å². The highest BCUT2D eigenvalue weighted by molar-refractivity contribution is 9.10. The van der Waals surface area contributed by atoms with Crippen LogP contribution in [0.1, 0.15) is 50.5 Å². The van der Waals surface area contributed by atoms with Gasteiger partial charge in [-0.05, 0) is 49.3 Å². The summed E-state index contributed by atoms with van der Waals surface area (Å²) in [6.07, 6.45) is 9.60. The molecule has 2 saturated carbocycles. The molecular formula is C17H21BrN2.